The summed E-state index contributed by atoms with van der Waals surface area (Å²) in [7, 11) is 0. The van der Waals surface area contributed by atoms with Crippen LogP contribution in [0.25, 0.3) is 0 Å². The van der Waals surface area contributed by atoms with E-state index in [4.69, 9.17) is 11.6 Å². The Morgan fingerprint density at radius 2 is 2.20 bits per heavy atom. The molecule has 1 amide bonds. The van der Waals surface area contributed by atoms with Crippen LogP contribution < -0.4 is 10.6 Å². The van der Waals surface area contributed by atoms with Gasteiger partial charge in [-0.25, -0.2) is 0 Å². The normalized spacial score (nSPS) is 23.8. The summed E-state index contributed by atoms with van der Waals surface area (Å²) < 4.78 is 0. The van der Waals surface area contributed by atoms with Crippen molar-refractivity contribution in [2.45, 2.75) is 24.9 Å². The van der Waals surface area contributed by atoms with E-state index >= 15 is 0 Å². The quantitative estimate of drug-likeness (QED) is 0.805. The van der Waals surface area contributed by atoms with E-state index in [2.05, 4.69) is 10.6 Å². The molecule has 1 aliphatic carbocycles. The zero-order chi connectivity index (χ0) is 10.4. The second-order valence-corrected chi connectivity index (χ2v) is 4.47. The summed E-state index contributed by atoms with van der Waals surface area (Å²) in [6.07, 6.45) is 2.31. The minimum Gasteiger partial charge on any atom is -0.324 e. The number of fused-ring (bicyclic) bond motifs is 1. The van der Waals surface area contributed by atoms with Crippen molar-refractivity contribution in [3.63, 3.8) is 0 Å². The van der Waals surface area contributed by atoms with Crippen LogP contribution in [0.2, 0.25) is 5.02 Å². The van der Waals surface area contributed by atoms with Gasteiger partial charge in [0.1, 0.15) is 6.04 Å². The highest BCUT2D eigenvalue weighted by Gasteiger charge is 2.36. The highest BCUT2D eigenvalue weighted by molar-refractivity contribution is 6.32. The minimum atomic E-state index is -0.263. The van der Waals surface area contributed by atoms with E-state index in [0.717, 1.165) is 24.1 Å². The Morgan fingerprint density at radius 1 is 1.40 bits per heavy atom. The Bertz CT molecular complexity index is 429. The van der Waals surface area contributed by atoms with Gasteiger partial charge in [0.05, 0.1) is 0 Å². The van der Waals surface area contributed by atoms with Gasteiger partial charge in [0.15, 0.2) is 0 Å². The third kappa shape index (κ3) is 1.52. The molecule has 0 spiro atoms. The van der Waals surface area contributed by atoms with Crippen LogP contribution >= 0.6 is 11.6 Å². The summed E-state index contributed by atoms with van der Waals surface area (Å²) in [6, 6.07) is 5.78. The smallest absolute Gasteiger partial charge is 0.246 e. The van der Waals surface area contributed by atoms with Crippen LogP contribution in [0.3, 0.4) is 0 Å². The molecule has 78 valence electrons. The van der Waals surface area contributed by atoms with Gasteiger partial charge < -0.3 is 5.32 Å². The van der Waals surface area contributed by atoms with Crippen molar-refractivity contribution in [2.75, 3.05) is 5.32 Å². The molecule has 0 aromatic heterocycles. The van der Waals surface area contributed by atoms with E-state index in [1.807, 2.05) is 18.2 Å². The van der Waals surface area contributed by atoms with Crippen molar-refractivity contribution in [1.82, 2.24) is 5.32 Å². The molecule has 1 atom stereocenters. The van der Waals surface area contributed by atoms with Gasteiger partial charge in [-0.2, -0.15) is 0 Å². The van der Waals surface area contributed by atoms with Crippen LogP contribution in [0.4, 0.5) is 5.69 Å². The lowest BCUT2D eigenvalue weighted by atomic mass is 10.1. The summed E-state index contributed by atoms with van der Waals surface area (Å²) in [5, 5.41) is 6.80. The SMILES string of the molecule is O=C1Nc2cccc(Cl)c2C1NC1CC1. The number of halogens is 1. The van der Waals surface area contributed by atoms with E-state index < -0.39 is 0 Å². The van der Waals surface area contributed by atoms with E-state index in [1.54, 1.807) is 0 Å². The molecular formula is C11H11ClN2O. The number of benzene rings is 1. The Kier molecular flexibility index (Phi) is 1.97. The third-order valence-corrected chi connectivity index (χ3v) is 3.17. The van der Waals surface area contributed by atoms with Gasteiger partial charge in [0, 0.05) is 22.3 Å². The first kappa shape index (κ1) is 9.19. The lowest BCUT2D eigenvalue weighted by molar-refractivity contribution is -0.117. The second kappa shape index (κ2) is 3.22. The number of rotatable bonds is 2. The average Bonchev–Trinajstić information content (AvgIpc) is 2.93. The van der Waals surface area contributed by atoms with Crippen LogP contribution in [0, 0.1) is 0 Å². The summed E-state index contributed by atoms with van der Waals surface area (Å²) in [5.74, 6) is 0.00463. The molecule has 2 N–H and O–H groups in total. The monoisotopic (exact) mass is 222 g/mol. The Hall–Kier alpha value is -1.06. The van der Waals surface area contributed by atoms with Crippen LogP contribution in [-0.2, 0) is 4.79 Å². The first-order chi connectivity index (χ1) is 7.25. The fourth-order valence-electron chi connectivity index (χ4n) is 1.92. The molecule has 0 bridgehead atoms. The Morgan fingerprint density at radius 3 is 2.93 bits per heavy atom. The maximum atomic E-state index is 11.7. The molecule has 3 nitrogen and oxygen atoms in total. The number of anilines is 1. The predicted octanol–water partition coefficient (Wildman–Crippen LogP) is 2.09. The molecule has 1 heterocycles. The molecule has 1 fully saturated rings. The number of carbonyl (C=O) groups is 1. The second-order valence-electron chi connectivity index (χ2n) is 4.06. The molecule has 0 saturated heterocycles. The molecule has 4 heteroatoms. The molecule has 3 rings (SSSR count). The number of hydrogen-bond acceptors (Lipinski definition) is 2. The van der Waals surface area contributed by atoms with Crippen molar-refractivity contribution >= 4 is 23.2 Å². The van der Waals surface area contributed by atoms with Crippen LogP contribution in [0.15, 0.2) is 18.2 Å². The molecule has 1 aromatic rings. The number of nitrogens with one attached hydrogen (secondary N) is 2. The summed E-state index contributed by atoms with van der Waals surface area (Å²) in [5.41, 5.74) is 1.74. The van der Waals surface area contributed by atoms with Crippen molar-refractivity contribution < 1.29 is 4.79 Å². The standard InChI is InChI=1S/C11H11ClN2O/c12-7-2-1-3-8-9(7)10(11(15)14-8)13-6-4-5-6/h1-3,6,10,13H,4-5H2,(H,14,15). The molecule has 1 saturated carbocycles. The zero-order valence-corrected chi connectivity index (χ0v) is 8.84. The molecule has 1 aromatic carbocycles. The molecule has 0 radical (unpaired) electrons. The van der Waals surface area contributed by atoms with E-state index in [0.29, 0.717) is 11.1 Å². The van der Waals surface area contributed by atoms with Crippen molar-refractivity contribution in [3.8, 4) is 0 Å². The van der Waals surface area contributed by atoms with Gasteiger partial charge in [0.2, 0.25) is 5.91 Å². The van der Waals surface area contributed by atoms with E-state index in [9.17, 15) is 4.79 Å². The van der Waals surface area contributed by atoms with Crippen LogP contribution in [0.1, 0.15) is 24.4 Å². The summed E-state index contributed by atoms with van der Waals surface area (Å²) in [4.78, 5) is 11.7. The highest BCUT2D eigenvalue weighted by atomic mass is 35.5. The molecule has 1 aliphatic heterocycles. The Balaban J connectivity index is 1.99. The third-order valence-electron chi connectivity index (χ3n) is 2.84. The fourth-order valence-corrected chi connectivity index (χ4v) is 2.20. The largest absolute Gasteiger partial charge is 0.324 e. The molecule has 15 heavy (non-hydrogen) atoms. The van der Waals surface area contributed by atoms with Gasteiger partial charge in [-0.15, -0.1) is 0 Å². The lowest BCUT2D eigenvalue weighted by Gasteiger charge is -2.11. The number of hydrogen-bond donors (Lipinski definition) is 2. The summed E-state index contributed by atoms with van der Waals surface area (Å²) >= 11 is 6.10. The van der Waals surface area contributed by atoms with Crippen LogP contribution in [-0.4, -0.2) is 11.9 Å². The van der Waals surface area contributed by atoms with E-state index in [1.165, 1.54) is 0 Å². The lowest BCUT2D eigenvalue weighted by Crippen LogP contribution is -2.29. The van der Waals surface area contributed by atoms with Gasteiger partial charge in [-0.1, -0.05) is 17.7 Å². The molecule has 1 unspecified atom stereocenters. The zero-order valence-electron chi connectivity index (χ0n) is 8.09. The fraction of sp³-hybridized carbons (Fsp3) is 0.364. The van der Waals surface area contributed by atoms with Crippen molar-refractivity contribution in [2.24, 2.45) is 0 Å². The minimum absolute atomic E-state index is 0.00463. The topological polar surface area (TPSA) is 41.1 Å². The van der Waals surface area contributed by atoms with Gasteiger partial charge >= 0.3 is 0 Å². The predicted molar refractivity (Wildman–Crippen MR) is 59.0 cm³/mol. The molecular weight excluding hydrogens is 212 g/mol. The maximum absolute atomic E-state index is 11.7. The Labute approximate surface area is 92.8 Å². The maximum Gasteiger partial charge on any atom is 0.246 e. The number of amides is 1. The number of carbonyl (C=O) groups excluding carboxylic acids is 1. The van der Waals surface area contributed by atoms with Crippen LogP contribution in [0.5, 0.6) is 0 Å². The van der Waals surface area contributed by atoms with Gasteiger partial charge in [-0.05, 0) is 25.0 Å². The van der Waals surface area contributed by atoms with E-state index in [-0.39, 0.29) is 11.9 Å². The highest BCUT2D eigenvalue weighted by Crippen LogP contribution is 2.38. The summed E-state index contributed by atoms with van der Waals surface area (Å²) in [6.45, 7) is 0. The van der Waals surface area contributed by atoms with Crippen molar-refractivity contribution in [1.29, 1.82) is 0 Å². The van der Waals surface area contributed by atoms with Gasteiger partial charge in [-0.3, -0.25) is 10.1 Å². The first-order valence-corrected chi connectivity index (χ1v) is 5.49. The molecule has 2 aliphatic rings. The van der Waals surface area contributed by atoms with Gasteiger partial charge in [0.25, 0.3) is 0 Å². The van der Waals surface area contributed by atoms with Crippen molar-refractivity contribution in [3.05, 3.63) is 28.8 Å². The first-order valence-electron chi connectivity index (χ1n) is 5.11. The average molecular weight is 223 g/mol.